The molecule has 0 radical (unpaired) electrons. The van der Waals surface area contributed by atoms with E-state index < -0.39 is 0 Å². The van der Waals surface area contributed by atoms with Gasteiger partial charge in [0.1, 0.15) is 11.4 Å². The van der Waals surface area contributed by atoms with Crippen molar-refractivity contribution < 1.29 is 14.6 Å². The van der Waals surface area contributed by atoms with Crippen molar-refractivity contribution in [3.63, 3.8) is 0 Å². The standard InChI is InChI=1S/C28H34N6O3/c1-19(2)37-25-17-21(33-14-11-22(35)12-15-33)9-10-23(25)30-28-29-18-24-27(31-28)32(3)26(36)13-16-34(24)20-7-5-4-6-8-20/h4-10,17-19,22,35H,11-16H2,1-3H3,(H,29,30,31). The van der Waals surface area contributed by atoms with Crippen molar-refractivity contribution in [2.45, 2.75) is 45.3 Å². The van der Waals surface area contributed by atoms with E-state index in [4.69, 9.17) is 9.72 Å². The monoisotopic (exact) mass is 502 g/mol. The van der Waals surface area contributed by atoms with Gasteiger partial charge in [-0.25, -0.2) is 4.98 Å². The Bertz CT molecular complexity index is 1240. The molecular weight excluding hydrogens is 468 g/mol. The van der Waals surface area contributed by atoms with Gasteiger partial charge in [0.15, 0.2) is 5.82 Å². The number of nitrogens with one attached hydrogen (secondary N) is 1. The van der Waals surface area contributed by atoms with Gasteiger partial charge in [0.25, 0.3) is 0 Å². The summed E-state index contributed by atoms with van der Waals surface area (Å²) in [5.41, 5.74) is 3.58. The number of amides is 1. The van der Waals surface area contributed by atoms with E-state index in [0.717, 1.165) is 48.7 Å². The molecule has 0 bridgehead atoms. The molecule has 1 aromatic heterocycles. The molecule has 2 aliphatic heterocycles. The number of aliphatic hydroxyl groups is 1. The fraction of sp³-hybridized carbons (Fsp3) is 0.393. The molecular formula is C28H34N6O3. The molecule has 5 rings (SSSR count). The number of carbonyl (C=O) groups excluding carboxylic acids is 1. The minimum absolute atomic E-state index is 0.00386. The van der Waals surface area contributed by atoms with E-state index in [-0.39, 0.29) is 18.1 Å². The number of aliphatic hydroxyl groups excluding tert-OH is 1. The van der Waals surface area contributed by atoms with Crippen LogP contribution in [0.4, 0.5) is 34.5 Å². The molecule has 1 amide bonds. The lowest BCUT2D eigenvalue weighted by Gasteiger charge is -2.32. The average Bonchev–Trinajstić information content (AvgIpc) is 3.02. The predicted molar refractivity (Wildman–Crippen MR) is 146 cm³/mol. The van der Waals surface area contributed by atoms with Crippen LogP contribution in [0.15, 0.2) is 54.7 Å². The fourth-order valence-electron chi connectivity index (χ4n) is 4.76. The second-order valence-corrected chi connectivity index (χ2v) is 9.78. The lowest BCUT2D eigenvalue weighted by atomic mass is 10.1. The third-order valence-electron chi connectivity index (χ3n) is 6.75. The van der Waals surface area contributed by atoms with Gasteiger partial charge in [-0.05, 0) is 51.0 Å². The Morgan fingerprint density at radius 2 is 1.81 bits per heavy atom. The second-order valence-electron chi connectivity index (χ2n) is 9.78. The maximum Gasteiger partial charge on any atom is 0.229 e. The summed E-state index contributed by atoms with van der Waals surface area (Å²) in [4.78, 5) is 28.1. The maximum atomic E-state index is 12.8. The van der Waals surface area contributed by atoms with E-state index in [1.54, 1.807) is 18.1 Å². The van der Waals surface area contributed by atoms with Crippen molar-refractivity contribution in [3.8, 4) is 5.75 Å². The van der Waals surface area contributed by atoms with Crippen molar-refractivity contribution in [1.29, 1.82) is 0 Å². The summed E-state index contributed by atoms with van der Waals surface area (Å²) in [6, 6.07) is 16.0. The van der Waals surface area contributed by atoms with Crippen molar-refractivity contribution in [2.24, 2.45) is 0 Å². The van der Waals surface area contributed by atoms with Gasteiger partial charge in [-0.15, -0.1) is 0 Å². The summed E-state index contributed by atoms with van der Waals surface area (Å²) in [5.74, 6) is 1.64. The van der Waals surface area contributed by atoms with Gasteiger partial charge in [-0.2, -0.15) is 4.98 Å². The number of carbonyl (C=O) groups is 1. The zero-order chi connectivity index (χ0) is 25.9. The van der Waals surface area contributed by atoms with Crippen LogP contribution in [0, 0.1) is 0 Å². The van der Waals surface area contributed by atoms with Gasteiger partial charge in [-0.3, -0.25) is 9.69 Å². The van der Waals surface area contributed by atoms with Gasteiger partial charge >= 0.3 is 0 Å². The van der Waals surface area contributed by atoms with E-state index >= 15 is 0 Å². The van der Waals surface area contributed by atoms with E-state index in [9.17, 15) is 9.90 Å². The Labute approximate surface area is 217 Å². The number of nitrogens with zero attached hydrogens (tertiary/aromatic N) is 5. The molecule has 0 atom stereocenters. The summed E-state index contributed by atoms with van der Waals surface area (Å²) < 4.78 is 6.15. The normalized spacial score (nSPS) is 16.6. The molecule has 3 aromatic rings. The smallest absolute Gasteiger partial charge is 0.229 e. The molecule has 2 aromatic carbocycles. The Morgan fingerprint density at radius 1 is 1.05 bits per heavy atom. The van der Waals surface area contributed by atoms with E-state index in [1.807, 2.05) is 62.4 Å². The first kappa shape index (κ1) is 24.8. The Hall–Kier alpha value is -3.85. The molecule has 0 aliphatic carbocycles. The minimum atomic E-state index is -0.225. The molecule has 1 saturated heterocycles. The minimum Gasteiger partial charge on any atom is -0.489 e. The van der Waals surface area contributed by atoms with E-state index in [2.05, 4.69) is 20.1 Å². The van der Waals surface area contributed by atoms with E-state index in [0.29, 0.717) is 30.5 Å². The van der Waals surface area contributed by atoms with Gasteiger partial charge in [0.05, 0.1) is 24.1 Å². The van der Waals surface area contributed by atoms with Crippen LogP contribution in [0.25, 0.3) is 0 Å². The zero-order valence-corrected chi connectivity index (χ0v) is 21.6. The van der Waals surface area contributed by atoms with Crippen molar-refractivity contribution >= 4 is 40.4 Å². The largest absolute Gasteiger partial charge is 0.489 e. The number of rotatable bonds is 6. The topological polar surface area (TPSA) is 94.1 Å². The highest BCUT2D eigenvalue weighted by Gasteiger charge is 2.27. The second kappa shape index (κ2) is 10.6. The van der Waals surface area contributed by atoms with Crippen LogP contribution in [-0.4, -0.2) is 59.9 Å². The molecule has 0 unspecified atom stereocenters. The van der Waals surface area contributed by atoms with Gasteiger partial charge in [0, 0.05) is 50.5 Å². The fourth-order valence-corrected chi connectivity index (χ4v) is 4.76. The summed E-state index contributed by atoms with van der Waals surface area (Å²) in [7, 11) is 1.75. The Morgan fingerprint density at radius 3 is 2.54 bits per heavy atom. The van der Waals surface area contributed by atoms with Crippen molar-refractivity contribution in [1.82, 2.24) is 9.97 Å². The molecule has 2 aliphatic rings. The molecule has 194 valence electrons. The molecule has 2 N–H and O–H groups in total. The highest BCUT2D eigenvalue weighted by atomic mass is 16.5. The molecule has 9 nitrogen and oxygen atoms in total. The molecule has 1 fully saturated rings. The maximum absolute atomic E-state index is 12.8. The first-order valence-electron chi connectivity index (χ1n) is 12.9. The first-order valence-corrected chi connectivity index (χ1v) is 12.9. The predicted octanol–water partition coefficient (Wildman–Crippen LogP) is 4.47. The Kier molecular flexibility index (Phi) is 7.14. The number of hydrogen-bond donors (Lipinski definition) is 2. The van der Waals surface area contributed by atoms with Crippen LogP contribution < -0.4 is 24.8 Å². The van der Waals surface area contributed by atoms with Crippen LogP contribution >= 0.6 is 0 Å². The number of anilines is 6. The quantitative estimate of drug-likeness (QED) is 0.510. The summed E-state index contributed by atoms with van der Waals surface area (Å²) in [5, 5.41) is 13.2. The summed E-state index contributed by atoms with van der Waals surface area (Å²) in [6.07, 6.45) is 3.42. The summed E-state index contributed by atoms with van der Waals surface area (Å²) in [6.45, 7) is 6.15. The average molecular weight is 503 g/mol. The van der Waals surface area contributed by atoms with E-state index in [1.165, 1.54) is 0 Å². The van der Waals surface area contributed by atoms with Crippen molar-refractivity contribution in [3.05, 3.63) is 54.7 Å². The zero-order valence-electron chi connectivity index (χ0n) is 21.6. The van der Waals surface area contributed by atoms with Crippen LogP contribution in [0.2, 0.25) is 0 Å². The molecule has 9 heteroatoms. The Balaban J connectivity index is 1.46. The van der Waals surface area contributed by atoms with Crippen LogP contribution in [0.5, 0.6) is 5.75 Å². The van der Waals surface area contributed by atoms with Crippen molar-refractivity contribution in [2.75, 3.05) is 46.7 Å². The van der Waals surface area contributed by atoms with Crippen LogP contribution in [0.3, 0.4) is 0 Å². The summed E-state index contributed by atoms with van der Waals surface area (Å²) >= 11 is 0. The lowest BCUT2D eigenvalue weighted by Crippen LogP contribution is -2.35. The highest BCUT2D eigenvalue weighted by molar-refractivity contribution is 5.98. The number of hydrogen-bond acceptors (Lipinski definition) is 8. The highest BCUT2D eigenvalue weighted by Crippen LogP contribution is 2.37. The first-order chi connectivity index (χ1) is 17.9. The number of piperidine rings is 1. The molecule has 3 heterocycles. The van der Waals surface area contributed by atoms with Gasteiger partial charge in [0.2, 0.25) is 11.9 Å². The number of ether oxygens (including phenoxy) is 1. The third kappa shape index (κ3) is 5.46. The molecule has 37 heavy (non-hydrogen) atoms. The lowest BCUT2D eigenvalue weighted by molar-refractivity contribution is -0.118. The number of aromatic nitrogens is 2. The molecule has 0 spiro atoms. The number of fused-ring (bicyclic) bond motifs is 1. The molecule has 0 saturated carbocycles. The van der Waals surface area contributed by atoms with Gasteiger partial charge in [-0.1, -0.05) is 18.2 Å². The van der Waals surface area contributed by atoms with Crippen LogP contribution in [-0.2, 0) is 4.79 Å². The third-order valence-corrected chi connectivity index (χ3v) is 6.75. The number of para-hydroxylation sites is 1. The van der Waals surface area contributed by atoms with Crippen LogP contribution in [0.1, 0.15) is 33.1 Å². The SMILES string of the molecule is CC(C)Oc1cc(N2CCC(O)CC2)ccc1Nc1ncc2c(n1)N(C)C(=O)CCN2c1ccccc1. The van der Waals surface area contributed by atoms with Gasteiger partial charge < -0.3 is 25.0 Å². The number of benzene rings is 2.